The van der Waals surface area contributed by atoms with Gasteiger partial charge in [0.05, 0.1) is 33.4 Å². The minimum absolute atomic E-state index is 0.0594. The molecule has 0 aliphatic carbocycles. The number of nitro benzene ring substituents is 1. The molecule has 198 valence electrons. The van der Waals surface area contributed by atoms with Gasteiger partial charge in [-0.1, -0.05) is 41.5 Å². The summed E-state index contributed by atoms with van der Waals surface area (Å²) < 4.78 is 19.9. The van der Waals surface area contributed by atoms with E-state index in [9.17, 15) is 19.7 Å². The molecule has 0 saturated heterocycles. The zero-order chi connectivity index (χ0) is 28.0. The minimum atomic E-state index is -0.661. The second kappa shape index (κ2) is 11.7. The van der Waals surface area contributed by atoms with E-state index in [1.807, 2.05) is 47.6 Å². The van der Waals surface area contributed by atoms with Crippen LogP contribution in [0, 0.1) is 10.1 Å². The van der Waals surface area contributed by atoms with Crippen molar-refractivity contribution in [2.24, 2.45) is 0 Å². The van der Waals surface area contributed by atoms with Crippen LogP contribution in [0.4, 0.5) is 11.4 Å². The number of rotatable bonds is 5. The monoisotopic (exact) mass is 504 g/mol. The molecule has 0 spiro atoms. The maximum Gasteiger partial charge on any atom is 0.341 e. The van der Waals surface area contributed by atoms with Crippen LogP contribution in [-0.4, -0.2) is 45.3 Å². The molecule has 0 saturated carbocycles. The molecule has 0 aliphatic heterocycles. The number of anilines is 1. The third kappa shape index (κ3) is 7.10. The third-order valence-corrected chi connectivity index (χ3v) is 5.23. The van der Waals surface area contributed by atoms with Crippen LogP contribution in [0.3, 0.4) is 0 Å². The number of esters is 2. The predicted molar refractivity (Wildman–Crippen MR) is 137 cm³/mol. The molecule has 36 heavy (non-hydrogen) atoms. The smallest absolute Gasteiger partial charge is 0.341 e. The number of non-ortho nitro benzene ring substituents is 1. The standard InChI is InChI=1S/C13H17NO5.C13H19NO3/c1-13(2,3)10-7-8(14(16)17)6-9(11(10)18-4)12(15)19-5;1-13(2,3)10-7-8(14)6-9(11(10)16-4)12(15)17-5/h6-7H,1-5H3;6-7H,14H2,1-5H3. The molecule has 0 amide bonds. The van der Waals surface area contributed by atoms with Crippen LogP contribution in [0.25, 0.3) is 0 Å². The molecule has 10 nitrogen and oxygen atoms in total. The van der Waals surface area contributed by atoms with Crippen LogP contribution in [-0.2, 0) is 20.3 Å². The van der Waals surface area contributed by atoms with E-state index in [0.717, 1.165) is 5.56 Å². The molecule has 2 aromatic rings. The summed E-state index contributed by atoms with van der Waals surface area (Å²) in [4.78, 5) is 33.8. The van der Waals surface area contributed by atoms with Gasteiger partial charge in [0.15, 0.2) is 0 Å². The van der Waals surface area contributed by atoms with E-state index in [-0.39, 0.29) is 16.7 Å². The maximum absolute atomic E-state index is 11.7. The first-order valence-electron chi connectivity index (χ1n) is 11.0. The predicted octanol–water partition coefficient (Wildman–Crippen LogP) is 5.05. The summed E-state index contributed by atoms with van der Waals surface area (Å²) in [6, 6.07) is 5.98. The average molecular weight is 505 g/mol. The van der Waals surface area contributed by atoms with Crippen molar-refractivity contribution in [2.75, 3.05) is 34.2 Å². The third-order valence-electron chi connectivity index (χ3n) is 5.23. The molecule has 0 unspecified atom stereocenters. The highest BCUT2D eigenvalue weighted by Gasteiger charge is 2.28. The van der Waals surface area contributed by atoms with E-state index in [4.69, 9.17) is 19.9 Å². The summed E-state index contributed by atoms with van der Waals surface area (Å²) in [7, 11) is 5.51. The second-order valence-electron chi connectivity index (χ2n) is 9.96. The fourth-order valence-electron chi connectivity index (χ4n) is 3.45. The van der Waals surface area contributed by atoms with Crippen molar-refractivity contribution in [1.82, 2.24) is 0 Å². The highest BCUT2D eigenvalue weighted by atomic mass is 16.6. The lowest BCUT2D eigenvalue weighted by Crippen LogP contribution is -2.16. The quantitative estimate of drug-likeness (QED) is 0.256. The van der Waals surface area contributed by atoms with Gasteiger partial charge in [0.25, 0.3) is 5.69 Å². The summed E-state index contributed by atoms with van der Waals surface area (Å²) in [6.45, 7) is 11.8. The van der Waals surface area contributed by atoms with Crippen molar-refractivity contribution in [2.45, 2.75) is 52.4 Å². The van der Waals surface area contributed by atoms with Gasteiger partial charge in [-0.3, -0.25) is 10.1 Å². The Labute approximate surface area is 211 Å². The van der Waals surface area contributed by atoms with E-state index in [1.54, 1.807) is 6.07 Å². The first-order valence-corrected chi connectivity index (χ1v) is 11.0. The number of methoxy groups -OCH3 is 4. The zero-order valence-electron chi connectivity index (χ0n) is 22.6. The Morgan fingerprint density at radius 3 is 1.47 bits per heavy atom. The van der Waals surface area contributed by atoms with Crippen molar-refractivity contribution >= 4 is 23.3 Å². The van der Waals surface area contributed by atoms with Crippen molar-refractivity contribution < 1.29 is 33.5 Å². The van der Waals surface area contributed by atoms with Gasteiger partial charge >= 0.3 is 11.9 Å². The number of hydrogen-bond acceptors (Lipinski definition) is 9. The zero-order valence-corrected chi connectivity index (χ0v) is 22.6. The molecule has 0 radical (unpaired) electrons. The number of carbonyl (C=O) groups is 2. The van der Waals surface area contributed by atoms with Gasteiger partial charge in [-0.25, -0.2) is 9.59 Å². The molecule has 2 rings (SSSR count). The number of nitrogens with zero attached hydrogens (tertiary/aromatic N) is 1. The topological polar surface area (TPSA) is 140 Å². The van der Waals surface area contributed by atoms with E-state index in [0.29, 0.717) is 28.3 Å². The molecule has 2 N–H and O–H groups in total. The number of ether oxygens (including phenoxy) is 4. The minimum Gasteiger partial charge on any atom is -0.496 e. The molecular weight excluding hydrogens is 468 g/mol. The van der Waals surface area contributed by atoms with Crippen LogP contribution in [0.5, 0.6) is 11.5 Å². The Balaban J connectivity index is 0.000000362. The van der Waals surface area contributed by atoms with Crippen molar-refractivity contribution in [3.63, 3.8) is 0 Å². The lowest BCUT2D eigenvalue weighted by atomic mass is 9.84. The summed E-state index contributed by atoms with van der Waals surface area (Å²) >= 11 is 0. The Kier molecular flexibility index (Phi) is 9.85. The number of nitrogen functional groups attached to an aromatic ring is 1. The molecule has 0 fully saturated rings. The van der Waals surface area contributed by atoms with Crippen LogP contribution < -0.4 is 15.2 Å². The number of nitro groups is 1. The number of nitrogens with two attached hydrogens (primary N) is 1. The van der Waals surface area contributed by atoms with E-state index in [2.05, 4.69) is 4.74 Å². The molecule has 0 heterocycles. The van der Waals surface area contributed by atoms with Gasteiger partial charge in [0, 0.05) is 28.9 Å². The van der Waals surface area contributed by atoms with Crippen LogP contribution in [0.2, 0.25) is 0 Å². The molecule has 0 atom stereocenters. The Bertz CT molecular complexity index is 1130. The lowest BCUT2D eigenvalue weighted by Gasteiger charge is -2.24. The first kappa shape index (κ1) is 30.2. The number of hydrogen-bond donors (Lipinski definition) is 1. The molecule has 0 bridgehead atoms. The van der Waals surface area contributed by atoms with Crippen molar-refractivity contribution in [1.29, 1.82) is 0 Å². The normalized spacial score (nSPS) is 11.1. The fourth-order valence-corrected chi connectivity index (χ4v) is 3.45. The SMILES string of the molecule is COC(=O)c1cc(N)cc(C(C)(C)C)c1OC.COC(=O)c1cc([N+](=O)[O-])cc(C(C)(C)C)c1OC. The molecule has 2 aromatic carbocycles. The Hall–Kier alpha value is -3.82. The summed E-state index contributed by atoms with van der Waals surface area (Å²) in [6.07, 6.45) is 0. The molecule has 0 aromatic heterocycles. The summed E-state index contributed by atoms with van der Waals surface area (Å²) in [5, 5.41) is 11.0. The first-order chi connectivity index (χ1) is 16.5. The van der Waals surface area contributed by atoms with Crippen LogP contribution in [0.15, 0.2) is 24.3 Å². The number of benzene rings is 2. The highest BCUT2D eigenvalue weighted by Crippen LogP contribution is 2.38. The lowest BCUT2D eigenvalue weighted by molar-refractivity contribution is -0.385. The Morgan fingerprint density at radius 2 is 1.14 bits per heavy atom. The number of carbonyl (C=O) groups excluding carboxylic acids is 2. The van der Waals surface area contributed by atoms with Crippen LogP contribution in [0.1, 0.15) is 73.4 Å². The Morgan fingerprint density at radius 1 is 0.750 bits per heavy atom. The van der Waals surface area contributed by atoms with Gasteiger partial charge in [-0.05, 0) is 23.0 Å². The summed E-state index contributed by atoms with van der Waals surface area (Å²) in [5.74, 6) is -0.269. The molecule has 10 heteroatoms. The van der Waals surface area contributed by atoms with E-state index in [1.165, 1.54) is 40.6 Å². The van der Waals surface area contributed by atoms with E-state index < -0.39 is 22.3 Å². The average Bonchev–Trinajstić information content (AvgIpc) is 2.80. The molecule has 0 aliphatic rings. The second-order valence-corrected chi connectivity index (χ2v) is 9.96. The van der Waals surface area contributed by atoms with Crippen molar-refractivity contribution in [3.05, 3.63) is 56.6 Å². The van der Waals surface area contributed by atoms with E-state index >= 15 is 0 Å². The van der Waals surface area contributed by atoms with Gasteiger partial charge in [-0.15, -0.1) is 0 Å². The van der Waals surface area contributed by atoms with Gasteiger partial charge < -0.3 is 24.7 Å². The van der Waals surface area contributed by atoms with Gasteiger partial charge in [0.2, 0.25) is 0 Å². The van der Waals surface area contributed by atoms with Crippen molar-refractivity contribution in [3.8, 4) is 11.5 Å². The molecular formula is C26H36N2O8. The van der Waals surface area contributed by atoms with Crippen LogP contribution >= 0.6 is 0 Å². The summed E-state index contributed by atoms with van der Waals surface area (Å²) in [5.41, 5.74) is 7.50. The highest BCUT2D eigenvalue weighted by molar-refractivity contribution is 5.95. The fraction of sp³-hybridized carbons (Fsp3) is 0.462. The largest absolute Gasteiger partial charge is 0.496 e. The maximum atomic E-state index is 11.7. The van der Waals surface area contributed by atoms with Gasteiger partial charge in [0.1, 0.15) is 22.6 Å². The van der Waals surface area contributed by atoms with Gasteiger partial charge in [-0.2, -0.15) is 0 Å².